The van der Waals surface area contributed by atoms with Crippen LogP contribution < -0.4 is 5.32 Å². The Morgan fingerprint density at radius 1 is 0.852 bits per heavy atom. The third-order valence-corrected chi connectivity index (χ3v) is 5.70. The molecule has 1 fully saturated rings. The van der Waals surface area contributed by atoms with Gasteiger partial charge in [0.05, 0.1) is 0 Å². The van der Waals surface area contributed by atoms with Crippen molar-refractivity contribution in [2.45, 2.75) is 32.1 Å². The van der Waals surface area contributed by atoms with Crippen LogP contribution in [-0.4, -0.2) is 23.0 Å². The zero-order valence-corrected chi connectivity index (χ0v) is 16.5. The molecule has 0 amide bonds. The molecule has 1 aliphatic heterocycles. The van der Waals surface area contributed by atoms with Crippen molar-refractivity contribution < 1.29 is 0 Å². The number of nitrogens with zero attached hydrogens (tertiary/aromatic N) is 1. The summed E-state index contributed by atoms with van der Waals surface area (Å²) in [7, 11) is 0. The molecule has 0 saturated carbocycles. The smallest absolute Gasteiger partial charge is 0.108 e. The Morgan fingerprint density at radius 3 is 2.22 bits per heavy atom. The lowest BCUT2D eigenvalue weighted by molar-refractivity contribution is 0.290. The monoisotopic (exact) mass is 374 g/mol. The Labute approximate surface area is 167 Å². The van der Waals surface area contributed by atoms with Gasteiger partial charge in [0.25, 0.3) is 0 Å². The number of likely N-dealkylation sites (tertiary alicyclic amines) is 1. The second-order valence-electron chi connectivity index (χ2n) is 7.28. The highest BCUT2D eigenvalue weighted by Gasteiger charge is 2.28. The Balaban J connectivity index is 1.67. The minimum Gasteiger partial charge on any atom is -0.371 e. The van der Waals surface area contributed by atoms with Crippen LogP contribution in [0.1, 0.15) is 37.7 Å². The summed E-state index contributed by atoms with van der Waals surface area (Å²) in [5, 5.41) is 3.46. The number of rotatable bonds is 4. The van der Waals surface area contributed by atoms with Crippen molar-refractivity contribution in [1.82, 2.24) is 4.90 Å². The van der Waals surface area contributed by atoms with Crippen molar-refractivity contribution in [3.05, 3.63) is 83.1 Å². The highest BCUT2D eigenvalue weighted by atomic mass is 32.1. The molecule has 0 radical (unpaired) electrons. The summed E-state index contributed by atoms with van der Waals surface area (Å²) < 4.78 is 0. The van der Waals surface area contributed by atoms with Crippen LogP contribution >= 0.6 is 12.2 Å². The van der Waals surface area contributed by atoms with E-state index in [0.717, 1.165) is 36.6 Å². The lowest BCUT2D eigenvalue weighted by atomic mass is 10.0. The standard InChI is InChI=1S/C24H26N2S/c27-24(25-21-12-6-2-7-13-21)22-15-14-20(18-19-10-4-1-5-11-19)23(22)26-16-8-3-9-17-26/h1-2,4-7,10-13,18H,3,8-9,14-17H2,(H,25,27). The molecule has 0 unspecified atom stereocenters. The van der Waals surface area contributed by atoms with Crippen LogP contribution in [0.2, 0.25) is 0 Å². The van der Waals surface area contributed by atoms with Gasteiger partial charge in [0.1, 0.15) is 4.99 Å². The number of nitrogens with one attached hydrogen (secondary N) is 1. The molecule has 0 spiro atoms. The molecule has 2 aromatic carbocycles. The maximum Gasteiger partial charge on any atom is 0.108 e. The van der Waals surface area contributed by atoms with Crippen LogP contribution in [0.3, 0.4) is 0 Å². The zero-order valence-electron chi connectivity index (χ0n) is 15.7. The third-order valence-electron chi connectivity index (χ3n) is 5.35. The molecule has 1 saturated heterocycles. The average molecular weight is 375 g/mol. The number of hydrogen-bond donors (Lipinski definition) is 1. The van der Waals surface area contributed by atoms with Gasteiger partial charge in [-0.1, -0.05) is 60.7 Å². The number of para-hydroxylation sites is 1. The fourth-order valence-corrected chi connectivity index (χ4v) is 4.36. The molecule has 1 N–H and O–H groups in total. The van der Waals surface area contributed by atoms with Crippen molar-refractivity contribution in [3.63, 3.8) is 0 Å². The van der Waals surface area contributed by atoms with Gasteiger partial charge < -0.3 is 10.2 Å². The first-order valence-electron chi connectivity index (χ1n) is 9.92. The van der Waals surface area contributed by atoms with E-state index in [1.165, 1.54) is 41.7 Å². The van der Waals surface area contributed by atoms with E-state index >= 15 is 0 Å². The molecule has 2 aromatic rings. The molecule has 1 heterocycles. The molecule has 2 nitrogen and oxygen atoms in total. The Morgan fingerprint density at radius 2 is 1.52 bits per heavy atom. The maximum atomic E-state index is 5.84. The molecular weight excluding hydrogens is 348 g/mol. The van der Waals surface area contributed by atoms with Crippen molar-refractivity contribution >= 4 is 29.0 Å². The average Bonchev–Trinajstić information content (AvgIpc) is 3.14. The normalized spacial score (nSPS) is 18.8. The Hall–Kier alpha value is -2.39. The number of benzene rings is 2. The van der Waals surface area contributed by atoms with Crippen molar-refractivity contribution in [2.75, 3.05) is 18.4 Å². The minimum absolute atomic E-state index is 0.873. The number of piperidine rings is 1. The summed E-state index contributed by atoms with van der Waals surface area (Å²) in [6.45, 7) is 2.28. The van der Waals surface area contributed by atoms with Gasteiger partial charge in [-0.15, -0.1) is 0 Å². The molecule has 2 aliphatic rings. The maximum absolute atomic E-state index is 5.84. The SMILES string of the molecule is S=C(Nc1ccccc1)C1=C(N2CCCCC2)C(=Cc2ccccc2)CC1. The second-order valence-corrected chi connectivity index (χ2v) is 7.68. The molecule has 27 heavy (non-hydrogen) atoms. The van der Waals surface area contributed by atoms with E-state index in [0.29, 0.717) is 0 Å². The first-order valence-corrected chi connectivity index (χ1v) is 10.3. The van der Waals surface area contributed by atoms with Gasteiger partial charge in [0.15, 0.2) is 0 Å². The largest absolute Gasteiger partial charge is 0.371 e. The zero-order chi connectivity index (χ0) is 18.5. The van der Waals surface area contributed by atoms with Gasteiger partial charge in [-0.05, 0) is 61.4 Å². The summed E-state index contributed by atoms with van der Waals surface area (Å²) in [6, 6.07) is 20.9. The summed E-state index contributed by atoms with van der Waals surface area (Å²) in [5.74, 6) is 0. The summed E-state index contributed by atoms with van der Waals surface area (Å²) in [5.41, 5.74) is 6.44. The predicted octanol–water partition coefficient (Wildman–Crippen LogP) is 6.04. The molecule has 0 atom stereocenters. The molecule has 3 heteroatoms. The van der Waals surface area contributed by atoms with E-state index in [1.807, 2.05) is 18.2 Å². The second kappa shape index (κ2) is 8.53. The lowest BCUT2D eigenvalue weighted by Gasteiger charge is -2.32. The third kappa shape index (κ3) is 4.30. The van der Waals surface area contributed by atoms with Gasteiger partial charge in [-0.25, -0.2) is 0 Å². The quantitative estimate of drug-likeness (QED) is 0.657. The van der Waals surface area contributed by atoms with Crippen LogP contribution in [0.5, 0.6) is 0 Å². The number of anilines is 1. The van der Waals surface area contributed by atoms with Crippen LogP contribution in [0.4, 0.5) is 5.69 Å². The minimum atomic E-state index is 0.873. The van der Waals surface area contributed by atoms with Crippen LogP contribution in [-0.2, 0) is 0 Å². The van der Waals surface area contributed by atoms with Crippen molar-refractivity contribution in [2.24, 2.45) is 0 Å². The first-order chi connectivity index (χ1) is 13.3. The first kappa shape index (κ1) is 18.0. The number of allylic oxidation sites excluding steroid dienone is 1. The van der Waals surface area contributed by atoms with Gasteiger partial charge >= 0.3 is 0 Å². The summed E-state index contributed by atoms with van der Waals surface area (Å²) >= 11 is 5.84. The Kier molecular flexibility index (Phi) is 5.69. The highest BCUT2D eigenvalue weighted by Crippen LogP contribution is 2.37. The van der Waals surface area contributed by atoms with Gasteiger partial charge in [-0.2, -0.15) is 0 Å². The van der Waals surface area contributed by atoms with Crippen LogP contribution in [0.25, 0.3) is 6.08 Å². The van der Waals surface area contributed by atoms with Crippen LogP contribution in [0, 0.1) is 0 Å². The van der Waals surface area contributed by atoms with E-state index < -0.39 is 0 Å². The van der Waals surface area contributed by atoms with E-state index in [1.54, 1.807) is 0 Å². The van der Waals surface area contributed by atoms with E-state index in [2.05, 4.69) is 58.8 Å². The summed E-state index contributed by atoms with van der Waals surface area (Å²) in [4.78, 5) is 3.44. The van der Waals surface area contributed by atoms with Gasteiger partial charge in [0, 0.05) is 30.0 Å². The topological polar surface area (TPSA) is 15.3 Å². The van der Waals surface area contributed by atoms with E-state index in [9.17, 15) is 0 Å². The van der Waals surface area contributed by atoms with Crippen molar-refractivity contribution in [3.8, 4) is 0 Å². The van der Waals surface area contributed by atoms with Gasteiger partial charge in [-0.3, -0.25) is 0 Å². The molecule has 0 bridgehead atoms. The highest BCUT2D eigenvalue weighted by molar-refractivity contribution is 7.81. The van der Waals surface area contributed by atoms with Gasteiger partial charge in [0.2, 0.25) is 0 Å². The summed E-state index contributed by atoms with van der Waals surface area (Å²) in [6.07, 6.45) is 8.31. The Bertz CT molecular complexity index is 846. The molecule has 4 rings (SSSR count). The fraction of sp³-hybridized carbons (Fsp3) is 0.292. The molecular formula is C24H26N2S. The fourth-order valence-electron chi connectivity index (χ4n) is 4.04. The molecule has 138 valence electrons. The molecule has 1 aliphatic carbocycles. The van der Waals surface area contributed by atoms with E-state index in [4.69, 9.17) is 12.2 Å². The predicted molar refractivity (Wildman–Crippen MR) is 119 cm³/mol. The lowest BCUT2D eigenvalue weighted by Crippen LogP contribution is -2.31. The number of hydrogen-bond acceptors (Lipinski definition) is 2. The van der Waals surface area contributed by atoms with E-state index in [-0.39, 0.29) is 0 Å². The number of thiocarbonyl (C=S) groups is 1. The van der Waals surface area contributed by atoms with Crippen LogP contribution in [0.15, 0.2) is 77.5 Å². The molecule has 0 aromatic heterocycles. The van der Waals surface area contributed by atoms with Crippen molar-refractivity contribution in [1.29, 1.82) is 0 Å².